The summed E-state index contributed by atoms with van der Waals surface area (Å²) >= 11 is 1.62. The smallest absolute Gasteiger partial charge is 0.205 e. The van der Waals surface area contributed by atoms with E-state index in [-0.39, 0.29) is 0 Å². The summed E-state index contributed by atoms with van der Waals surface area (Å²) in [5.74, 6) is 0. The van der Waals surface area contributed by atoms with Crippen LogP contribution in [-0.2, 0) is 6.42 Å². The first-order valence-corrected chi connectivity index (χ1v) is 4.18. The number of hydrogen-bond donors (Lipinski definition) is 1. The van der Waals surface area contributed by atoms with Gasteiger partial charge in [0.15, 0.2) is 0 Å². The number of nitrogens with one attached hydrogen (secondary N) is 1. The van der Waals surface area contributed by atoms with Gasteiger partial charge in [-0.15, -0.1) is 10.2 Å². The Morgan fingerprint density at radius 2 is 2.30 bits per heavy atom. The Hall–Kier alpha value is -0.640. The molecule has 0 radical (unpaired) electrons. The maximum Gasteiger partial charge on any atom is 0.205 e. The molecule has 1 N–H and O–H groups in total. The molecule has 0 saturated carbocycles. The lowest BCUT2D eigenvalue weighted by Gasteiger charge is -1.85. The van der Waals surface area contributed by atoms with E-state index in [2.05, 4.69) is 22.4 Å². The molecule has 1 aromatic rings. The Morgan fingerprint density at radius 3 is 2.80 bits per heavy atom. The molecule has 0 bridgehead atoms. The Morgan fingerprint density at radius 1 is 1.50 bits per heavy atom. The van der Waals surface area contributed by atoms with Gasteiger partial charge in [-0.1, -0.05) is 18.3 Å². The van der Waals surface area contributed by atoms with Crippen LogP contribution in [0.1, 0.15) is 18.4 Å². The average molecular weight is 157 g/mol. The number of nitrogens with zero attached hydrogens (tertiary/aromatic N) is 2. The lowest BCUT2D eigenvalue weighted by Crippen LogP contribution is -1.84. The maximum absolute atomic E-state index is 3.98. The fourth-order valence-corrected chi connectivity index (χ4v) is 1.46. The number of anilines is 1. The first-order chi connectivity index (χ1) is 4.86. The van der Waals surface area contributed by atoms with Gasteiger partial charge in [0.05, 0.1) is 0 Å². The van der Waals surface area contributed by atoms with E-state index in [4.69, 9.17) is 0 Å². The molecule has 0 aliphatic carbocycles. The standard InChI is InChI=1S/C6H11N3S/c1-3-4-5-8-9-6(7-2)10-5/h3-4H2,1-2H3,(H,7,9). The van der Waals surface area contributed by atoms with Crippen LogP contribution in [0.2, 0.25) is 0 Å². The summed E-state index contributed by atoms with van der Waals surface area (Å²) < 4.78 is 0. The third-order valence-electron chi connectivity index (χ3n) is 1.14. The van der Waals surface area contributed by atoms with E-state index in [0.717, 1.165) is 23.0 Å². The second-order valence-corrected chi connectivity index (χ2v) is 3.06. The van der Waals surface area contributed by atoms with Gasteiger partial charge in [0.25, 0.3) is 0 Å². The van der Waals surface area contributed by atoms with Crippen LogP contribution in [0.4, 0.5) is 5.13 Å². The lowest BCUT2D eigenvalue weighted by atomic mass is 10.4. The number of rotatable bonds is 3. The lowest BCUT2D eigenvalue weighted by molar-refractivity contribution is 0.879. The first-order valence-electron chi connectivity index (χ1n) is 3.37. The van der Waals surface area contributed by atoms with E-state index in [1.807, 2.05) is 7.05 Å². The van der Waals surface area contributed by atoms with Gasteiger partial charge in [0.1, 0.15) is 5.01 Å². The van der Waals surface area contributed by atoms with Gasteiger partial charge in [-0.3, -0.25) is 0 Å². The van der Waals surface area contributed by atoms with Crippen LogP contribution in [0.3, 0.4) is 0 Å². The summed E-state index contributed by atoms with van der Waals surface area (Å²) in [6.45, 7) is 2.14. The topological polar surface area (TPSA) is 37.8 Å². The maximum atomic E-state index is 3.98. The molecular formula is C6H11N3S. The third-order valence-corrected chi connectivity index (χ3v) is 2.15. The molecule has 0 saturated heterocycles. The van der Waals surface area contributed by atoms with Crippen molar-refractivity contribution in [2.75, 3.05) is 12.4 Å². The summed E-state index contributed by atoms with van der Waals surface area (Å²) in [5.41, 5.74) is 0. The predicted molar refractivity (Wildman–Crippen MR) is 43.5 cm³/mol. The molecule has 1 heterocycles. The largest absolute Gasteiger partial charge is 0.363 e. The summed E-state index contributed by atoms with van der Waals surface area (Å²) in [6.07, 6.45) is 2.18. The van der Waals surface area contributed by atoms with Gasteiger partial charge < -0.3 is 5.32 Å². The van der Waals surface area contributed by atoms with Crippen LogP contribution in [0.25, 0.3) is 0 Å². The molecule has 1 aromatic heterocycles. The predicted octanol–water partition coefficient (Wildman–Crippen LogP) is 1.53. The monoisotopic (exact) mass is 157 g/mol. The minimum Gasteiger partial charge on any atom is -0.363 e. The zero-order valence-electron chi connectivity index (χ0n) is 6.22. The molecule has 0 aromatic carbocycles. The summed E-state index contributed by atoms with van der Waals surface area (Å²) in [4.78, 5) is 0. The minimum absolute atomic E-state index is 0.906. The second kappa shape index (κ2) is 3.51. The summed E-state index contributed by atoms with van der Waals surface area (Å²) in [5, 5.41) is 12.9. The van der Waals surface area contributed by atoms with Crippen molar-refractivity contribution in [3.05, 3.63) is 5.01 Å². The summed E-state index contributed by atoms with van der Waals surface area (Å²) in [7, 11) is 1.86. The third kappa shape index (κ3) is 1.67. The van der Waals surface area contributed by atoms with Crippen LogP contribution in [0.5, 0.6) is 0 Å². The van der Waals surface area contributed by atoms with Crippen molar-refractivity contribution < 1.29 is 0 Å². The Balaban J connectivity index is 2.59. The molecule has 0 fully saturated rings. The van der Waals surface area contributed by atoms with Crippen molar-refractivity contribution in [2.24, 2.45) is 0 Å². The normalized spacial score (nSPS) is 9.80. The van der Waals surface area contributed by atoms with E-state index in [0.29, 0.717) is 0 Å². The average Bonchev–Trinajstić information content (AvgIpc) is 2.37. The highest BCUT2D eigenvalue weighted by Crippen LogP contribution is 2.14. The van der Waals surface area contributed by atoms with Crippen LogP contribution >= 0.6 is 11.3 Å². The molecule has 0 atom stereocenters. The molecule has 0 unspecified atom stereocenters. The molecular weight excluding hydrogens is 146 g/mol. The molecule has 10 heavy (non-hydrogen) atoms. The minimum atomic E-state index is 0.906. The molecule has 0 amide bonds. The van der Waals surface area contributed by atoms with E-state index < -0.39 is 0 Å². The highest BCUT2D eigenvalue weighted by atomic mass is 32.1. The fourth-order valence-electron chi connectivity index (χ4n) is 0.670. The SMILES string of the molecule is CCCc1nnc(NC)s1. The zero-order chi connectivity index (χ0) is 7.40. The number of aryl methyl sites for hydroxylation is 1. The van der Waals surface area contributed by atoms with Gasteiger partial charge >= 0.3 is 0 Å². The number of aromatic nitrogens is 2. The number of hydrogen-bond acceptors (Lipinski definition) is 4. The van der Waals surface area contributed by atoms with Crippen molar-refractivity contribution in [3.63, 3.8) is 0 Å². The summed E-state index contributed by atoms with van der Waals surface area (Å²) in [6, 6.07) is 0. The van der Waals surface area contributed by atoms with Crippen molar-refractivity contribution in [1.82, 2.24) is 10.2 Å². The van der Waals surface area contributed by atoms with E-state index >= 15 is 0 Å². The van der Waals surface area contributed by atoms with Gasteiger partial charge in [-0.25, -0.2) is 0 Å². The Labute approximate surface area is 64.5 Å². The van der Waals surface area contributed by atoms with Crippen molar-refractivity contribution in [1.29, 1.82) is 0 Å². The molecule has 0 spiro atoms. The van der Waals surface area contributed by atoms with Gasteiger partial charge in [0.2, 0.25) is 5.13 Å². The Bertz CT molecular complexity index is 197. The van der Waals surface area contributed by atoms with Gasteiger partial charge in [-0.05, 0) is 6.42 Å². The van der Waals surface area contributed by atoms with Crippen molar-refractivity contribution in [3.8, 4) is 0 Å². The van der Waals surface area contributed by atoms with Gasteiger partial charge in [-0.2, -0.15) is 0 Å². The molecule has 56 valence electrons. The molecule has 4 heteroatoms. The van der Waals surface area contributed by atoms with E-state index in [1.165, 1.54) is 0 Å². The quantitative estimate of drug-likeness (QED) is 0.723. The Kier molecular flexibility index (Phi) is 2.62. The van der Waals surface area contributed by atoms with Gasteiger partial charge in [0, 0.05) is 13.5 Å². The highest BCUT2D eigenvalue weighted by molar-refractivity contribution is 7.15. The first kappa shape index (κ1) is 7.47. The zero-order valence-corrected chi connectivity index (χ0v) is 7.03. The molecule has 0 aliphatic heterocycles. The second-order valence-electron chi connectivity index (χ2n) is 2.00. The fraction of sp³-hybridized carbons (Fsp3) is 0.667. The molecule has 3 nitrogen and oxygen atoms in total. The molecule has 0 aliphatic rings. The van der Waals surface area contributed by atoms with Crippen LogP contribution in [0.15, 0.2) is 0 Å². The van der Waals surface area contributed by atoms with Crippen LogP contribution in [0, 0.1) is 0 Å². The highest BCUT2D eigenvalue weighted by Gasteiger charge is 1.98. The van der Waals surface area contributed by atoms with Crippen LogP contribution < -0.4 is 5.32 Å². The van der Waals surface area contributed by atoms with E-state index in [1.54, 1.807) is 11.3 Å². The van der Waals surface area contributed by atoms with Crippen LogP contribution in [-0.4, -0.2) is 17.2 Å². The molecule has 1 rings (SSSR count). The van der Waals surface area contributed by atoms with Crippen molar-refractivity contribution >= 4 is 16.5 Å². The van der Waals surface area contributed by atoms with E-state index in [9.17, 15) is 0 Å². The van der Waals surface area contributed by atoms with Crippen molar-refractivity contribution in [2.45, 2.75) is 19.8 Å².